The van der Waals surface area contributed by atoms with Gasteiger partial charge in [-0.05, 0) is 36.6 Å². The summed E-state index contributed by atoms with van der Waals surface area (Å²) in [5.41, 5.74) is 0.908. The van der Waals surface area contributed by atoms with Crippen LogP contribution in [0.25, 0.3) is 10.2 Å². The first-order valence-corrected chi connectivity index (χ1v) is 7.53. The second-order valence-corrected chi connectivity index (χ2v) is 5.53. The fraction of sp³-hybridized carbons (Fsp3) is 0.143. The lowest BCUT2D eigenvalue weighted by atomic mass is 10.3. The zero-order valence-corrected chi connectivity index (χ0v) is 12.4. The monoisotopic (exact) mass is 304 g/mol. The highest BCUT2D eigenvalue weighted by atomic mass is 35.5. The molecule has 3 rings (SSSR count). The number of thiophene rings is 1. The largest absolute Gasteiger partial charge is 0.354 e. The van der Waals surface area contributed by atoms with Crippen LogP contribution >= 0.6 is 22.9 Å². The maximum atomic E-state index is 6.01. The molecular formula is C14H13ClN4S. The number of fused-ring (bicyclic) bond motifs is 1. The highest BCUT2D eigenvalue weighted by Crippen LogP contribution is 2.29. The van der Waals surface area contributed by atoms with Crippen molar-refractivity contribution in [2.45, 2.75) is 6.92 Å². The quantitative estimate of drug-likeness (QED) is 0.744. The Kier molecular flexibility index (Phi) is 3.71. The van der Waals surface area contributed by atoms with E-state index >= 15 is 0 Å². The Morgan fingerprint density at radius 2 is 2.15 bits per heavy atom. The molecule has 0 bridgehead atoms. The third-order valence-corrected chi connectivity index (χ3v) is 3.79. The molecule has 102 valence electrons. The first-order valence-electron chi connectivity index (χ1n) is 6.28. The van der Waals surface area contributed by atoms with Crippen LogP contribution in [-0.2, 0) is 0 Å². The maximum Gasteiger partial charge on any atom is 0.226 e. The maximum absolute atomic E-state index is 6.01. The Morgan fingerprint density at radius 3 is 2.95 bits per heavy atom. The summed E-state index contributed by atoms with van der Waals surface area (Å²) in [5, 5.41) is 10.2. The summed E-state index contributed by atoms with van der Waals surface area (Å²) in [7, 11) is 0. The van der Waals surface area contributed by atoms with E-state index in [2.05, 4.69) is 20.6 Å². The van der Waals surface area contributed by atoms with E-state index in [1.165, 1.54) is 0 Å². The number of rotatable bonds is 4. The molecule has 20 heavy (non-hydrogen) atoms. The predicted octanol–water partition coefficient (Wildman–Crippen LogP) is 4.52. The summed E-state index contributed by atoms with van der Waals surface area (Å²) in [6.07, 6.45) is 0. The standard InChI is InChI=1S/C14H13ClN4S/c1-2-16-14-18-12(11-6-7-20-13(11)19-14)17-10-5-3-4-9(15)8-10/h3-8H,2H2,1H3,(H2,16,17,18,19). The van der Waals surface area contributed by atoms with Gasteiger partial charge in [0.25, 0.3) is 0 Å². The molecule has 0 amide bonds. The molecule has 0 aliphatic rings. The van der Waals surface area contributed by atoms with E-state index in [-0.39, 0.29) is 0 Å². The van der Waals surface area contributed by atoms with E-state index in [9.17, 15) is 0 Å². The topological polar surface area (TPSA) is 49.8 Å². The Balaban J connectivity index is 2.02. The van der Waals surface area contributed by atoms with Gasteiger partial charge in [-0.1, -0.05) is 17.7 Å². The van der Waals surface area contributed by atoms with Gasteiger partial charge in [-0.15, -0.1) is 11.3 Å². The van der Waals surface area contributed by atoms with Crippen molar-refractivity contribution in [2.75, 3.05) is 17.2 Å². The van der Waals surface area contributed by atoms with E-state index in [1.807, 2.05) is 42.6 Å². The number of benzene rings is 1. The minimum Gasteiger partial charge on any atom is -0.354 e. The molecule has 2 heterocycles. The third kappa shape index (κ3) is 2.69. The third-order valence-electron chi connectivity index (χ3n) is 2.75. The minimum atomic E-state index is 0.631. The minimum absolute atomic E-state index is 0.631. The molecule has 4 nitrogen and oxygen atoms in total. The van der Waals surface area contributed by atoms with Crippen molar-refractivity contribution >= 4 is 50.6 Å². The number of hydrogen-bond acceptors (Lipinski definition) is 5. The zero-order chi connectivity index (χ0) is 13.9. The number of halogens is 1. The first-order chi connectivity index (χ1) is 9.76. The van der Waals surface area contributed by atoms with E-state index in [0.29, 0.717) is 11.0 Å². The van der Waals surface area contributed by atoms with Gasteiger partial charge in [0, 0.05) is 17.3 Å². The summed E-state index contributed by atoms with van der Waals surface area (Å²) in [5.74, 6) is 1.42. The van der Waals surface area contributed by atoms with Gasteiger partial charge >= 0.3 is 0 Å². The van der Waals surface area contributed by atoms with Crippen LogP contribution in [0.4, 0.5) is 17.5 Å². The van der Waals surface area contributed by atoms with Crippen molar-refractivity contribution in [2.24, 2.45) is 0 Å². The molecule has 6 heteroatoms. The van der Waals surface area contributed by atoms with Crippen molar-refractivity contribution in [1.82, 2.24) is 9.97 Å². The van der Waals surface area contributed by atoms with Crippen LogP contribution in [0.1, 0.15) is 6.92 Å². The predicted molar refractivity (Wildman–Crippen MR) is 86.3 cm³/mol. The molecule has 2 aromatic heterocycles. The van der Waals surface area contributed by atoms with Crippen LogP contribution in [0, 0.1) is 0 Å². The van der Waals surface area contributed by atoms with Gasteiger partial charge in [-0.2, -0.15) is 4.98 Å². The molecule has 3 aromatic rings. The summed E-state index contributed by atoms with van der Waals surface area (Å²) in [6, 6.07) is 9.59. The van der Waals surface area contributed by atoms with E-state index in [1.54, 1.807) is 11.3 Å². The molecule has 0 spiro atoms. The highest BCUT2D eigenvalue weighted by Gasteiger charge is 2.09. The number of anilines is 3. The fourth-order valence-corrected chi connectivity index (χ4v) is 2.84. The Labute approximate surface area is 125 Å². The fourth-order valence-electron chi connectivity index (χ4n) is 1.89. The van der Waals surface area contributed by atoms with Crippen LogP contribution in [0.2, 0.25) is 5.02 Å². The normalized spacial score (nSPS) is 10.7. The lowest BCUT2D eigenvalue weighted by Gasteiger charge is -2.09. The molecule has 0 aliphatic heterocycles. The van der Waals surface area contributed by atoms with E-state index in [0.717, 1.165) is 28.3 Å². The number of aromatic nitrogens is 2. The van der Waals surface area contributed by atoms with Gasteiger partial charge in [0.15, 0.2) is 0 Å². The average Bonchev–Trinajstić information content (AvgIpc) is 2.87. The second-order valence-electron chi connectivity index (χ2n) is 4.20. The molecule has 0 fully saturated rings. The van der Waals surface area contributed by atoms with Crippen molar-refractivity contribution in [3.63, 3.8) is 0 Å². The number of hydrogen-bond donors (Lipinski definition) is 2. The molecular weight excluding hydrogens is 292 g/mol. The molecule has 2 N–H and O–H groups in total. The number of nitrogens with one attached hydrogen (secondary N) is 2. The summed E-state index contributed by atoms with van der Waals surface area (Å²) in [4.78, 5) is 9.95. The summed E-state index contributed by atoms with van der Waals surface area (Å²) >= 11 is 7.60. The molecule has 1 aromatic carbocycles. The first kappa shape index (κ1) is 13.1. The smallest absolute Gasteiger partial charge is 0.226 e. The SMILES string of the molecule is CCNc1nc(Nc2cccc(Cl)c2)c2ccsc2n1. The molecule has 0 radical (unpaired) electrons. The van der Waals surface area contributed by atoms with E-state index in [4.69, 9.17) is 11.6 Å². The Hall–Kier alpha value is -1.85. The van der Waals surface area contributed by atoms with Gasteiger partial charge in [0.05, 0.1) is 5.39 Å². The van der Waals surface area contributed by atoms with Crippen LogP contribution in [0.15, 0.2) is 35.7 Å². The van der Waals surface area contributed by atoms with E-state index < -0.39 is 0 Å². The summed E-state index contributed by atoms with van der Waals surface area (Å²) < 4.78 is 0. The van der Waals surface area contributed by atoms with Gasteiger partial charge < -0.3 is 10.6 Å². The average molecular weight is 305 g/mol. The number of nitrogens with zero attached hydrogens (tertiary/aromatic N) is 2. The van der Waals surface area contributed by atoms with Gasteiger partial charge in [-0.25, -0.2) is 4.98 Å². The molecule has 0 saturated heterocycles. The Bertz CT molecular complexity index is 741. The lowest BCUT2D eigenvalue weighted by Crippen LogP contribution is -2.04. The second kappa shape index (κ2) is 5.64. The van der Waals surface area contributed by atoms with Gasteiger partial charge in [-0.3, -0.25) is 0 Å². The lowest BCUT2D eigenvalue weighted by molar-refractivity contribution is 1.11. The zero-order valence-electron chi connectivity index (χ0n) is 10.9. The van der Waals surface area contributed by atoms with Gasteiger partial charge in [0.2, 0.25) is 5.95 Å². The Morgan fingerprint density at radius 1 is 1.25 bits per heavy atom. The van der Waals surface area contributed by atoms with Crippen LogP contribution in [0.3, 0.4) is 0 Å². The van der Waals surface area contributed by atoms with Crippen LogP contribution in [-0.4, -0.2) is 16.5 Å². The molecule has 0 aliphatic carbocycles. The molecule has 0 saturated carbocycles. The summed E-state index contributed by atoms with van der Waals surface area (Å²) in [6.45, 7) is 2.81. The van der Waals surface area contributed by atoms with Crippen LogP contribution in [0.5, 0.6) is 0 Å². The molecule has 0 unspecified atom stereocenters. The van der Waals surface area contributed by atoms with Crippen LogP contribution < -0.4 is 10.6 Å². The van der Waals surface area contributed by atoms with Gasteiger partial charge in [0.1, 0.15) is 10.6 Å². The molecule has 0 atom stereocenters. The van der Waals surface area contributed by atoms with Crippen molar-refractivity contribution in [3.8, 4) is 0 Å². The van der Waals surface area contributed by atoms with Crippen molar-refractivity contribution < 1.29 is 0 Å². The van der Waals surface area contributed by atoms with Crippen molar-refractivity contribution in [1.29, 1.82) is 0 Å². The highest BCUT2D eigenvalue weighted by molar-refractivity contribution is 7.16. The van der Waals surface area contributed by atoms with Crippen molar-refractivity contribution in [3.05, 3.63) is 40.7 Å².